The fraction of sp³-hybridized carbons (Fsp3) is 0.467. The second-order valence-electron chi connectivity index (χ2n) is 4.96. The summed E-state index contributed by atoms with van der Waals surface area (Å²) >= 11 is 10.3. The van der Waals surface area contributed by atoms with E-state index in [1.807, 2.05) is 11.3 Å². The van der Waals surface area contributed by atoms with Crippen LogP contribution < -0.4 is 0 Å². The molecule has 1 unspecified atom stereocenters. The molecule has 2 aromatic heterocycles. The molecule has 0 radical (unpaired) electrons. The molecule has 0 bridgehead atoms. The van der Waals surface area contributed by atoms with Crippen LogP contribution in [0.5, 0.6) is 0 Å². The standard InChI is InChI=1S/C15H17ClS2/c16-13(8-11-6-7-17-10-11)15-9-12-4-2-1-3-5-14(12)18-15/h6-7,9-10,13H,1-5,8H2. The summed E-state index contributed by atoms with van der Waals surface area (Å²) in [5, 5.41) is 4.48. The Kier molecular flexibility index (Phi) is 4.07. The van der Waals surface area contributed by atoms with E-state index >= 15 is 0 Å². The molecule has 18 heavy (non-hydrogen) atoms. The first kappa shape index (κ1) is 12.7. The van der Waals surface area contributed by atoms with Gasteiger partial charge in [-0.3, -0.25) is 0 Å². The Balaban J connectivity index is 1.76. The maximum absolute atomic E-state index is 6.57. The molecule has 2 heterocycles. The quantitative estimate of drug-likeness (QED) is 0.511. The van der Waals surface area contributed by atoms with E-state index in [1.54, 1.807) is 21.8 Å². The Morgan fingerprint density at radius 3 is 2.94 bits per heavy atom. The van der Waals surface area contributed by atoms with Crippen molar-refractivity contribution in [2.75, 3.05) is 0 Å². The SMILES string of the molecule is ClC(Cc1ccsc1)c1cc2c(s1)CCCCC2. The van der Waals surface area contributed by atoms with Crippen molar-refractivity contribution >= 4 is 34.3 Å². The second kappa shape index (κ2) is 5.77. The third-order valence-electron chi connectivity index (χ3n) is 3.57. The average Bonchev–Trinajstić information content (AvgIpc) is 2.95. The summed E-state index contributed by atoms with van der Waals surface area (Å²) in [7, 11) is 0. The molecule has 0 spiro atoms. The van der Waals surface area contributed by atoms with E-state index < -0.39 is 0 Å². The lowest BCUT2D eigenvalue weighted by Crippen LogP contribution is -1.91. The molecule has 0 N–H and O–H groups in total. The van der Waals surface area contributed by atoms with Gasteiger partial charge in [0, 0.05) is 9.75 Å². The van der Waals surface area contributed by atoms with Crippen molar-refractivity contribution < 1.29 is 0 Å². The highest BCUT2D eigenvalue weighted by molar-refractivity contribution is 7.12. The van der Waals surface area contributed by atoms with Gasteiger partial charge < -0.3 is 0 Å². The molecule has 0 saturated carbocycles. The first-order valence-corrected chi connectivity index (χ1v) is 8.79. The Morgan fingerprint density at radius 1 is 1.22 bits per heavy atom. The number of fused-ring (bicyclic) bond motifs is 1. The van der Waals surface area contributed by atoms with Crippen LogP contribution in [0.2, 0.25) is 0 Å². The van der Waals surface area contributed by atoms with Crippen molar-refractivity contribution in [2.24, 2.45) is 0 Å². The van der Waals surface area contributed by atoms with E-state index in [0.29, 0.717) is 0 Å². The molecular formula is C15H17ClS2. The minimum Gasteiger partial charge on any atom is -0.152 e. The molecule has 1 aliphatic carbocycles. The predicted octanol–water partition coefficient (Wildman–Crippen LogP) is 5.60. The van der Waals surface area contributed by atoms with Crippen LogP contribution in [0.3, 0.4) is 0 Å². The van der Waals surface area contributed by atoms with Gasteiger partial charge in [-0.25, -0.2) is 0 Å². The average molecular weight is 297 g/mol. The lowest BCUT2D eigenvalue weighted by atomic mass is 10.1. The third-order valence-corrected chi connectivity index (χ3v) is 6.17. The first-order valence-electron chi connectivity index (χ1n) is 6.59. The van der Waals surface area contributed by atoms with Crippen LogP contribution in [0.1, 0.15) is 45.5 Å². The number of thiophene rings is 2. The van der Waals surface area contributed by atoms with Gasteiger partial charge in [0.05, 0.1) is 5.38 Å². The lowest BCUT2D eigenvalue weighted by Gasteiger charge is -2.05. The Bertz CT molecular complexity index is 475. The summed E-state index contributed by atoms with van der Waals surface area (Å²) in [6.07, 6.45) is 7.57. The van der Waals surface area contributed by atoms with Crippen molar-refractivity contribution in [2.45, 2.75) is 43.9 Å². The maximum atomic E-state index is 6.57. The van der Waals surface area contributed by atoms with E-state index in [4.69, 9.17) is 11.6 Å². The van der Waals surface area contributed by atoms with E-state index in [9.17, 15) is 0 Å². The second-order valence-corrected chi connectivity index (χ2v) is 7.44. The Hall–Kier alpha value is -0.310. The van der Waals surface area contributed by atoms with Crippen LogP contribution in [0.4, 0.5) is 0 Å². The van der Waals surface area contributed by atoms with E-state index in [2.05, 4.69) is 22.9 Å². The molecule has 0 amide bonds. The minimum atomic E-state index is 0.150. The topological polar surface area (TPSA) is 0 Å². The third kappa shape index (κ3) is 2.81. The van der Waals surface area contributed by atoms with Gasteiger partial charge in [0.2, 0.25) is 0 Å². The highest BCUT2D eigenvalue weighted by Crippen LogP contribution is 2.36. The number of hydrogen-bond donors (Lipinski definition) is 0. The molecule has 0 nitrogen and oxygen atoms in total. The van der Waals surface area contributed by atoms with Crippen LogP contribution in [0.25, 0.3) is 0 Å². The number of aryl methyl sites for hydroxylation is 2. The van der Waals surface area contributed by atoms with E-state index in [1.165, 1.54) is 42.5 Å². The molecular weight excluding hydrogens is 280 g/mol. The number of rotatable bonds is 3. The summed E-state index contributed by atoms with van der Waals surface area (Å²) in [6, 6.07) is 4.55. The maximum Gasteiger partial charge on any atom is 0.0719 e. The summed E-state index contributed by atoms with van der Waals surface area (Å²) in [5.74, 6) is 0. The molecule has 1 atom stereocenters. The van der Waals surface area contributed by atoms with E-state index in [-0.39, 0.29) is 5.38 Å². The highest BCUT2D eigenvalue weighted by atomic mass is 35.5. The molecule has 1 aliphatic rings. The minimum absolute atomic E-state index is 0.150. The van der Waals surface area contributed by atoms with Gasteiger partial charge in [-0.1, -0.05) is 6.42 Å². The Labute approximate surface area is 122 Å². The largest absolute Gasteiger partial charge is 0.152 e. The molecule has 3 rings (SSSR count). The summed E-state index contributed by atoms with van der Waals surface area (Å²) < 4.78 is 0. The fourth-order valence-corrected chi connectivity index (χ4v) is 4.85. The molecule has 3 heteroatoms. The Morgan fingerprint density at radius 2 is 2.11 bits per heavy atom. The molecule has 2 aromatic rings. The summed E-state index contributed by atoms with van der Waals surface area (Å²) in [6.45, 7) is 0. The normalized spacial score (nSPS) is 17.2. The summed E-state index contributed by atoms with van der Waals surface area (Å²) in [5.41, 5.74) is 2.94. The van der Waals surface area contributed by atoms with Crippen molar-refractivity contribution in [1.29, 1.82) is 0 Å². The molecule has 0 fully saturated rings. The van der Waals surface area contributed by atoms with Gasteiger partial charge >= 0.3 is 0 Å². The zero-order valence-electron chi connectivity index (χ0n) is 10.3. The van der Waals surface area contributed by atoms with Crippen molar-refractivity contribution in [3.63, 3.8) is 0 Å². The number of halogens is 1. The fourth-order valence-electron chi connectivity index (χ4n) is 2.56. The summed E-state index contributed by atoms with van der Waals surface area (Å²) in [4.78, 5) is 2.97. The van der Waals surface area contributed by atoms with Gasteiger partial charge in [0.15, 0.2) is 0 Å². The zero-order valence-corrected chi connectivity index (χ0v) is 12.7. The van der Waals surface area contributed by atoms with Gasteiger partial charge in [0.1, 0.15) is 0 Å². The van der Waals surface area contributed by atoms with Crippen LogP contribution in [0.15, 0.2) is 22.9 Å². The van der Waals surface area contributed by atoms with Gasteiger partial charge in [-0.2, -0.15) is 11.3 Å². The molecule has 96 valence electrons. The van der Waals surface area contributed by atoms with Crippen LogP contribution in [0, 0.1) is 0 Å². The molecule has 0 aromatic carbocycles. The monoisotopic (exact) mass is 296 g/mol. The van der Waals surface area contributed by atoms with Crippen LogP contribution in [-0.2, 0) is 19.3 Å². The van der Waals surface area contributed by atoms with E-state index in [0.717, 1.165) is 6.42 Å². The van der Waals surface area contributed by atoms with Crippen molar-refractivity contribution in [3.8, 4) is 0 Å². The predicted molar refractivity (Wildman–Crippen MR) is 82.2 cm³/mol. The number of hydrogen-bond acceptors (Lipinski definition) is 2. The van der Waals surface area contributed by atoms with Gasteiger partial charge in [0.25, 0.3) is 0 Å². The zero-order chi connectivity index (χ0) is 12.4. The highest BCUT2D eigenvalue weighted by Gasteiger charge is 2.17. The smallest absolute Gasteiger partial charge is 0.0719 e. The van der Waals surface area contributed by atoms with Crippen molar-refractivity contribution in [3.05, 3.63) is 43.8 Å². The first-order chi connectivity index (χ1) is 8.83. The van der Waals surface area contributed by atoms with Crippen molar-refractivity contribution in [1.82, 2.24) is 0 Å². The van der Waals surface area contributed by atoms with Crippen LogP contribution in [-0.4, -0.2) is 0 Å². The molecule has 0 saturated heterocycles. The van der Waals surface area contributed by atoms with Crippen LogP contribution >= 0.6 is 34.3 Å². The lowest BCUT2D eigenvalue weighted by molar-refractivity contribution is 0.712. The molecule has 0 aliphatic heterocycles. The number of alkyl halides is 1. The van der Waals surface area contributed by atoms with Gasteiger partial charge in [-0.05, 0) is 66.1 Å². The van der Waals surface area contributed by atoms with Gasteiger partial charge in [-0.15, -0.1) is 22.9 Å².